The summed E-state index contributed by atoms with van der Waals surface area (Å²) in [6, 6.07) is 10.2. The molecule has 2 N–H and O–H groups in total. The Balaban J connectivity index is 2.12. The molecule has 1 heterocycles. The summed E-state index contributed by atoms with van der Waals surface area (Å²) < 4.78 is 16.3. The fourth-order valence-electron chi connectivity index (χ4n) is 2.71. The number of methoxy groups -OCH3 is 2. The first-order chi connectivity index (χ1) is 10.3. The van der Waals surface area contributed by atoms with Crippen LogP contribution in [0, 0.1) is 0 Å². The second kappa shape index (κ2) is 5.66. The molecular formula is C17H19NO3. The summed E-state index contributed by atoms with van der Waals surface area (Å²) in [6.45, 7) is 1.21. The van der Waals surface area contributed by atoms with Crippen LogP contribution in [-0.4, -0.2) is 20.8 Å². The van der Waals surface area contributed by atoms with E-state index in [1.807, 2.05) is 18.2 Å². The van der Waals surface area contributed by atoms with Gasteiger partial charge in [0, 0.05) is 13.0 Å². The highest BCUT2D eigenvalue weighted by Gasteiger charge is 2.16. The highest BCUT2D eigenvalue weighted by atomic mass is 16.5. The van der Waals surface area contributed by atoms with E-state index in [4.69, 9.17) is 19.9 Å². The molecule has 0 spiro atoms. The number of rotatable bonds is 4. The van der Waals surface area contributed by atoms with E-state index in [0.717, 1.165) is 35.5 Å². The Kier molecular flexibility index (Phi) is 3.71. The molecule has 0 amide bonds. The second-order valence-electron chi connectivity index (χ2n) is 4.99. The lowest BCUT2D eigenvalue weighted by Crippen LogP contribution is -2.01. The Morgan fingerprint density at radius 3 is 2.57 bits per heavy atom. The van der Waals surface area contributed by atoms with Gasteiger partial charge >= 0.3 is 0 Å². The van der Waals surface area contributed by atoms with Crippen molar-refractivity contribution in [2.24, 2.45) is 5.73 Å². The maximum Gasteiger partial charge on any atom is 0.161 e. The lowest BCUT2D eigenvalue weighted by molar-refractivity contribution is 0.354. The fraction of sp³-hybridized carbons (Fsp3) is 0.294. The first-order valence-electron chi connectivity index (χ1n) is 6.98. The van der Waals surface area contributed by atoms with Gasteiger partial charge in [-0.2, -0.15) is 0 Å². The third-order valence-electron chi connectivity index (χ3n) is 3.83. The summed E-state index contributed by atoms with van der Waals surface area (Å²) in [6.07, 6.45) is 0.953. The van der Waals surface area contributed by atoms with Crippen molar-refractivity contribution in [3.8, 4) is 28.4 Å². The molecule has 0 saturated carbocycles. The van der Waals surface area contributed by atoms with Crippen LogP contribution in [0.5, 0.6) is 17.2 Å². The van der Waals surface area contributed by atoms with Crippen molar-refractivity contribution in [2.45, 2.75) is 13.0 Å². The van der Waals surface area contributed by atoms with Crippen molar-refractivity contribution in [1.82, 2.24) is 0 Å². The monoisotopic (exact) mass is 285 g/mol. The van der Waals surface area contributed by atoms with Gasteiger partial charge in [-0.25, -0.2) is 0 Å². The van der Waals surface area contributed by atoms with Crippen LogP contribution in [-0.2, 0) is 13.0 Å². The molecule has 1 aliphatic heterocycles. The number of fused-ring (bicyclic) bond motifs is 1. The molecule has 0 saturated heterocycles. The lowest BCUT2D eigenvalue weighted by Gasteiger charge is -2.15. The fourth-order valence-corrected chi connectivity index (χ4v) is 2.71. The third kappa shape index (κ3) is 2.43. The predicted octanol–water partition coefficient (Wildman–Crippen LogP) is 2.76. The molecule has 4 nitrogen and oxygen atoms in total. The first-order valence-corrected chi connectivity index (χ1v) is 6.98. The van der Waals surface area contributed by atoms with E-state index in [2.05, 4.69) is 12.1 Å². The predicted molar refractivity (Wildman–Crippen MR) is 82.1 cm³/mol. The molecule has 0 atom stereocenters. The van der Waals surface area contributed by atoms with E-state index in [1.54, 1.807) is 14.2 Å². The average molecular weight is 285 g/mol. The molecule has 1 aliphatic rings. The highest BCUT2D eigenvalue weighted by molar-refractivity contribution is 5.73. The molecule has 0 fully saturated rings. The summed E-state index contributed by atoms with van der Waals surface area (Å²) in [5.74, 6) is 2.39. The van der Waals surface area contributed by atoms with Gasteiger partial charge in [0.1, 0.15) is 5.75 Å². The largest absolute Gasteiger partial charge is 0.493 e. The van der Waals surface area contributed by atoms with E-state index in [1.165, 1.54) is 5.56 Å². The van der Waals surface area contributed by atoms with E-state index in [-0.39, 0.29) is 0 Å². The minimum absolute atomic E-state index is 0.448. The Bertz CT molecular complexity index is 667. The van der Waals surface area contributed by atoms with E-state index in [0.29, 0.717) is 18.0 Å². The van der Waals surface area contributed by atoms with Crippen LogP contribution in [0.25, 0.3) is 11.1 Å². The second-order valence-corrected chi connectivity index (χ2v) is 4.99. The normalized spacial score (nSPS) is 12.7. The smallest absolute Gasteiger partial charge is 0.161 e. The molecule has 2 aromatic carbocycles. The maximum atomic E-state index is 5.89. The Morgan fingerprint density at radius 2 is 1.86 bits per heavy atom. The highest BCUT2D eigenvalue weighted by Crippen LogP contribution is 2.37. The Hall–Kier alpha value is -2.20. The van der Waals surface area contributed by atoms with Gasteiger partial charge in [0.15, 0.2) is 11.5 Å². The van der Waals surface area contributed by atoms with Crippen molar-refractivity contribution < 1.29 is 14.2 Å². The first kappa shape index (κ1) is 13.8. The zero-order chi connectivity index (χ0) is 14.8. The number of benzene rings is 2. The molecule has 0 radical (unpaired) electrons. The van der Waals surface area contributed by atoms with Gasteiger partial charge in [-0.1, -0.05) is 6.07 Å². The van der Waals surface area contributed by atoms with Crippen LogP contribution < -0.4 is 19.9 Å². The molecule has 0 unspecified atom stereocenters. The van der Waals surface area contributed by atoms with Crippen molar-refractivity contribution in [2.75, 3.05) is 20.8 Å². The van der Waals surface area contributed by atoms with Crippen LogP contribution >= 0.6 is 0 Å². The summed E-state index contributed by atoms with van der Waals surface area (Å²) in [5.41, 5.74) is 10.4. The van der Waals surface area contributed by atoms with E-state index >= 15 is 0 Å². The van der Waals surface area contributed by atoms with Crippen LogP contribution in [0.2, 0.25) is 0 Å². The minimum Gasteiger partial charge on any atom is -0.493 e. The molecule has 0 aliphatic carbocycles. The summed E-state index contributed by atoms with van der Waals surface area (Å²) in [5, 5.41) is 0. The molecule has 0 aromatic heterocycles. The molecule has 4 heteroatoms. The SMILES string of the molecule is COc1cc(CN)c(-c2ccc3c(c2)CCO3)cc1OC. The number of nitrogens with two attached hydrogens (primary N) is 1. The standard InChI is InChI=1S/C17H19NO3/c1-19-16-8-13(10-18)14(9-17(16)20-2)11-3-4-15-12(7-11)5-6-21-15/h3-4,7-9H,5-6,10,18H2,1-2H3. The topological polar surface area (TPSA) is 53.7 Å². The van der Waals surface area contributed by atoms with Crippen LogP contribution in [0.15, 0.2) is 30.3 Å². The van der Waals surface area contributed by atoms with Gasteiger partial charge < -0.3 is 19.9 Å². The van der Waals surface area contributed by atoms with Gasteiger partial charge in [-0.05, 0) is 46.5 Å². The summed E-state index contributed by atoms with van der Waals surface area (Å²) >= 11 is 0. The average Bonchev–Trinajstić information content (AvgIpc) is 3.00. The van der Waals surface area contributed by atoms with Gasteiger partial charge in [-0.3, -0.25) is 0 Å². The lowest BCUT2D eigenvalue weighted by atomic mass is 9.96. The number of hydrogen-bond donors (Lipinski definition) is 1. The molecular weight excluding hydrogens is 266 g/mol. The van der Waals surface area contributed by atoms with Crippen LogP contribution in [0.4, 0.5) is 0 Å². The molecule has 2 aromatic rings. The van der Waals surface area contributed by atoms with Gasteiger partial charge in [-0.15, -0.1) is 0 Å². The zero-order valence-electron chi connectivity index (χ0n) is 12.3. The Morgan fingerprint density at radius 1 is 1.10 bits per heavy atom. The zero-order valence-corrected chi connectivity index (χ0v) is 12.3. The molecule has 110 valence electrons. The van der Waals surface area contributed by atoms with Gasteiger partial charge in [0.2, 0.25) is 0 Å². The van der Waals surface area contributed by atoms with Gasteiger partial charge in [0.05, 0.1) is 20.8 Å². The Labute approximate surface area is 124 Å². The van der Waals surface area contributed by atoms with Crippen LogP contribution in [0.3, 0.4) is 0 Å². The van der Waals surface area contributed by atoms with Gasteiger partial charge in [0.25, 0.3) is 0 Å². The molecule has 0 bridgehead atoms. The van der Waals surface area contributed by atoms with E-state index in [9.17, 15) is 0 Å². The quantitative estimate of drug-likeness (QED) is 0.938. The summed E-state index contributed by atoms with van der Waals surface area (Å²) in [7, 11) is 3.27. The number of hydrogen-bond acceptors (Lipinski definition) is 4. The minimum atomic E-state index is 0.448. The van der Waals surface area contributed by atoms with Crippen molar-refractivity contribution >= 4 is 0 Å². The maximum absolute atomic E-state index is 5.89. The summed E-state index contributed by atoms with van der Waals surface area (Å²) in [4.78, 5) is 0. The molecule has 3 rings (SSSR count). The molecule has 21 heavy (non-hydrogen) atoms. The van der Waals surface area contributed by atoms with Crippen molar-refractivity contribution in [3.05, 3.63) is 41.5 Å². The number of ether oxygens (including phenoxy) is 3. The van der Waals surface area contributed by atoms with Crippen molar-refractivity contribution in [3.63, 3.8) is 0 Å². The van der Waals surface area contributed by atoms with Crippen molar-refractivity contribution in [1.29, 1.82) is 0 Å². The third-order valence-corrected chi connectivity index (χ3v) is 3.83. The van der Waals surface area contributed by atoms with E-state index < -0.39 is 0 Å². The van der Waals surface area contributed by atoms with Crippen LogP contribution in [0.1, 0.15) is 11.1 Å².